The standard InChI is InChI=1S/C19H24N2O3/c1-12-6-4-9-16(13(12)2)14(3)17-20-10-11-21(17)18(24-19(22)23)15-7-5-8-15/h4,6,9-11,14-15,18H,5,7-8H2,1-3H3,(H,22,23). The summed E-state index contributed by atoms with van der Waals surface area (Å²) in [5, 5.41) is 9.12. The van der Waals surface area contributed by atoms with Crippen LogP contribution in [-0.2, 0) is 4.74 Å². The van der Waals surface area contributed by atoms with Crippen LogP contribution in [-0.4, -0.2) is 20.8 Å². The van der Waals surface area contributed by atoms with Crippen molar-refractivity contribution in [2.45, 2.75) is 52.2 Å². The van der Waals surface area contributed by atoms with Crippen molar-refractivity contribution in [3.05, 3.63) is 53.1 Å². The molecule has 0 radical (unpaired) electrons. The number of aromatic nitrogens is 2. The smallest absolute Gasteiger partial charge is 0.450 e. The molecule has 24 heavy (non-hydrogen) atoms. The molecule has 2 aromatic rings. The molecule has 0 aliphatic heterocycles. The molecule has 0 spiro atoms. The zero-order chi connectivity index (χ0) is 17.3. The zero-order valence-electron chi connectivity index (χ0n) is 14.4. The van der Waals surface area contributed by atoms with Gasteiger partial charge in [0.1, 0.15) is 5.82 Å². The molecule has 1 N–H and O–H groups in total. The van der Waals surface area contributed by atoms with E-state index in [0.717, 1.165) is 25.1 Å². The molecular formula is C19H24N2O3. The molecule has 0 saturated heterocycles. The van der Waals surface area contributed by atoms with E-state index < -0.39 is 12.4 Å². The summed E-state index contributed by atoms with van der Waals surface area (Å²) >= 11 is 0. The Morgan fingerprint density at radius 3 is 2.75 bits per heavy atom. The Bertz CT molecular complexity index is 734. The molecular weight excluding hydrogens is 304 g/mol. The van der Waals surface area contributed by atoms with Crippen LogP contribution in [0, 0.1) is 19.8 Å². The van der Waals surface area contributed by atoms with Gasteiger partial charge in [-0.15, -0.1) is 0 Å². The van der Waals surface area contributed by atoms with Crippen molar-refractivity contribution in [1.82, 2.24) is 9.55 Å². The van der Waals surface area contributed by atoms with Crippen LogP contribution in [0.25, 0.3) is 0 Å². The molecule has 2 atom stereocenters. The van der Waals surface area contributed by atoms with Gasteiger partial charge in [-0.25, -0.2) is 9.78 Å². The highest BCUT2D eigenvalue weighted by Crippen LogP contribution is 2.39. The van der Waals surface area contributed by atoms with Crippen LogP contribution in [0.5, 0.6) is 0 Å². The van der Waals surface area contributed by atoms with Gasteiger partial charge in [0, 0.05) is 24.2 Å². The molecule has 1 saturated carbocycles. The van der Waals surface area contributed by atoms with Gasteiger partial charge in [0.05, 0.1) is 0 Å². The predicted octanol–water partition coefficient (Wildman–Crippen LogP) is 4.65. The molecule has 0 amide bonds. The van der Waals surface area contributed by atoms with Crippen molar-refractivity contribution in [1.29, 1.82) is 0 Å². The Balaban J connectivity index is 1.96. The number of hydrogen-bond acceptors (Lipinski definition) is 3. The Morgan fingerprint density at radius 1 is 1.38 bits per heavy atom. The van der Waals surface area contributed by atoms with Crippen LogP contribution >= 0.6 is 0 Å². The first-order valence-electron chi connectivity index (χ1n) is 8.47. The van der Waals surface area contributed by atoms with E-state index in [-0.39, 0.29) is 11.8 Å². The SMILES string of the molecule is Cc1cccc(C(C)c2nccn2C(OC(=O)O)C2CCC2)c1C. The van der Waals surface area contributed by atoms with Crippen molar-refractivity contribution in [3.8, 4) is 0 Å². The van der Waals surface area contributed by atoms with Crippen molar-refractivity contribution in [2.24, 2.45) is 5.92 Å². The van der Waals surface area contributed by atoms with Crippen LogP contribution in [0.2, 0.25) is 0 Å². The molecule has 1 heterocycles. The minimum absolute atomic E-state index is 0.0693. The maximum Gasteiger partial charge on any atom is 0.507 e. The number of aryl methyl sites for hydroxylation is 1. The molecule has 3 rings (SSSR count). The fourth-order valence-electron chi connectivity index (χ4n) is 3.47. The minimum Gasteiger partial charge on any atom is -0.450 e. The van der Waals surface area contributed by atoms with Crippen molar-refractivity contribution in [2.75, 3.05) is 0 Å². The maximum atomic E-state index is 11.1. The van der Waals surface area contributed by atoms with Gasteiger partial charge in [0.2, 0.25) is 0 Å². The van der Waals surface area contributed by atoms with Crippen LogP contribution < -0.4 is 0 Å². The lowest BCUT2D eigenvalue weighted by molar-refractivity contribution is -0.0392. The van der Waals surface area contributed by atoms with Gasteiger partial charge < -0.3 is 9.84 Å². The first-order valence-corrected chi connectivity index (χ1v) is 8.47. The maximum absolute atomic E-state index is 11.1. The van der Waals surface area contributed by atoms with E-state index in [1.807, 2.05) is 10.8 Å². The summed E-state index contributed by atoms with van der Waals surface area (Å²) in [7, 11) is 0. The van der Waals surface area contributed by atoms with E-state index in [0.29, 0.717) is 0 Å². The summed E-state index contributed by atoms with van der Waals surface area (Å²) in [6.07, 6.45) is 4.96. The highest BCUT2D eigenvalue weighted by atomic mass is 16.7. The average Bonchev–Trinajstić information content (AvgIpc) is 2.95. The predicted molar refractivity (Wildman–Crippen MR) is 91.1 cm³/mol. The number of carboxylic acid groups (broad SMARTS) is 1. The van der Waals surface area contributed by atoms with Gasteiger partial charge in [-0.1, -0.05) is 31.5 Å². The van der Waals surface area contributed by atoms with Gasteiger partial charge in [-0.05, 0) is 43.4 Å². The van der Waals surface area contributed by atoms with E-state index in [2.05, 4.69) is 44.0 Å². The van der Waals surface area contributed by atoms with E-state index in [1.165, 1.54) is 16.7 Å². The van der Waals surface area contributed by atoms with Gasteiger partial charge in [-0.2, -0.15) is 0 Å². The van der Waals surface area contributed by atoms with Gasteiger partial charge in [-0.3, -0.25) is 4.57 Å². The highest BCUT2D eigenvalue weighted by molar-refractivity contribution is 5.57. The molecule has 0 bridgehead atoms. The molecule has 1 aliphatic rings. The molecule has 2 unspecified atom stereocenters. The Morgan fingerprint density at radius 2 is 2.12 bits per heavy atom. The van der Waals surface area contributed by atoms with Crippen LogP contribution in [0.4, 0.5) is 4.79 Å². The quantitative estimate of drug-likeness (QED) is 0.812. The van der Waals surface area contributed by atoms with Gasteiger partial charge >= 0.3 is 6.16 Å². The number of nitrogens with zero attached hydrogens (tertiary/aromatic N) is 2. The second-order valence-corrected chi connectivity index (χ2v) is 6.67. The normalized spacial score (nSPS) is 17.1. The molecule has 1 fully saturated rings. The second-order valence-electron chi connectivity index (χ2n) is 6.67. The zero-order valence-corrected chi connectivity index (χ0v) is 14.4. The molecule has 1 aliphatic carbocycles. The fourth-order valence-corrected chi connectivity index (χ4v) is 3.47. The average molecular weight is 328 g/mol. The lowest BCUT2D eigenvalue weighted by Gasteiger charge is -2.34. The van der Waals surface area contributed by atoms with E-state index in [9.17, 15) is 4.79 Å². The number of rotatable bonds is 5. The van der Waals surface area contributed by atoms with Gasteiger partial charge in [0.25, 0.3) is 0 Å². The fraction of sp³-hybridized carbons (Fsp3) is 0.474. The summed E-state index contributed by atoms with van der Waals surface area (Å²) in [4.78, 5) is 15.7. The van der Waals surface area contributed by atoms with Crippen LogP contribution in [0.15, 0.2) is 30.6 Å². The number of ether oxygens (including phenoxy) is 1. The summed E-state index contributed by atoms with van der Waals surface area (Å²) in [6.45, 7) is 6.33. The molecule has 1 aromatic carbocycles. The van der Waals surface area contributed by atoms with Crippen molar-refractivity contribution in [3.63, 3.8) is 0 Å². The third-order valence-corrected chi connectivity index (χ3v) is 5.25. The van der Waals surface area contributed by atoms with Crippen LogP contribution in [0.1, 0.15) is 60.8 Å². The van der Waals surface area contributed by atoms with E-state index in [4.69, 9.17) is 9.84 Å². The highest BCUT2D eigenvalue weighted by Gasteiger charge is 2.34. The second kappa shape index (κ2) is 6.67. The number of benzene rings is 1. The molecule has 5 nitrogen and oxygen atoms in total. The summed E-state index contributed by atoms with van der Waals surface area (Å²) in [6, 6.07) is 6.27. The Hall–Kier alpha value is -2.30. The molecule has 1 aromatic heterocycles. The number of hydrogen-bond donors (Lipinski definition) is 1. The van der Waals surface area contributed by atoms with Crippen molar-refractivity contribution >= 4 is 6.16 Å². The Labute approximate surface area is 142 Å². The third-order valence-electron chi connectivity index (χ3n) is 5.25. The van der Waals surface area contributed by atoms with Crippen LogP contribution in [0.3, 0.4) is 0 Å². The summed E-state index contributed by atoms with van der Waals surface area (Å²) in [5.41, 5.74) is 3.71. The first kappa shape index (κ1) is 16.6. The van der Waals surface area contributed by atoms with E-state index in [1.54, 1.807) is 6.20 Å². The molecule has 128 valence electrons. The molecule has 5 heteroatoms. The summed E-state index contributed by atoms with van der Waals surface area (Å²) < 4.78 is 7.13. The summed E-state index contributed by atoms with van der Waals surface area (Å²) in [5.74, 6) is 1.15. The monoisotopic (exact) mass is 328 g/mol. The Kier molecular flexibility index (Phi) is 4.60. The number of carbonyl (C=O) groups is 1. The van der Waals surface area contributed by atoms with Gasteiger partial charge in [0.15, 0.2) is 6.23 Å². The topological polar surface area (TPSA) is 64.4 Å². The third kappa shape index (κ3) is 3.03. The largest absolute Gasteiger partial charge is 0.507 e. The number of imidazole rings is 1. The first-order chi connectivity index (χ1) is 11.5. The van der Waals surface area contributed by atoms with E-state index >= 15 is 0 Å². The lowest BCUT2D eigenvalue weighted by Crippen LogP contribution is -2.30. The minimum atomic E-state index is -1.23. The lowest BCUT2D eigenvalue weighted by atomic mass is 9.83. The van der Waals surface area contributed by atoms with Crippen molar-refractivity contribution < 1.29 is 14.6 Å².